The first kappa shape index (κ1) is 13.4. The van der Waals surface area contributed by atoms with Gasteiger partial charge in [0.05, 0.1) is 6.10 Å². The lowest BCUT2D eigenvalue weighted by molar-refractivity contribution is -0.144. The van der Waals surface area contributed by atoms with Crippen molar-refractivity contribution >= 4 is 5.97 Å². The highest BCUT2D eigenvalue weighted by molar-refractivity contribution is 5.65. The van der Waals surface area contributed by atoms with Gasteiger partial charge in [-0.1, -0.05) is 39.0 Å². The average Bonchev–Trinajstić information content (AvgIpc) is 2.14. The third-order valence-electron chi connectivity index (χ3n) is 2.12. The molecule has 0 aliphatic carbocycles. The van der Waals surface area contributed by atoms with Crippen LogP contribution in [0.2, 0.25) is 0 Å². The monoisotopic (exact) mass is 202 g/mol. The second-order valence-corrected chi connectivity index (χ2v) is 3.66. The van der Waals surface area contributed by atoms with E-state index in [2.05, 4.69) is 6.92 Å². The molecule has 0 fully saturated rings. The first-order chi connectivity index (χ1) is 6.66. The fourth-order valence-corrected chi connectivity index (χ4v) is 1.28. The van der Waals surface area contributed by atoms with Crippen molar-refractivity contribution in [2.75, 3.05) is 6.61 Å². The Balaban J connectivity index is 3.18. The van der Waals surface area contributed by atoms with Crippen LogP contribution in [-0.4, -0.2) is 23.8 Å². The smallest absolute Gasteiger partial charge is 0.302 e. The predicted octanol–water partition coefficient (Wildman–Crippen LogP) is 2.27. The molecule has 1 atom stereocenters. The maximum atomic E-state index is 10.4. The molecule has 3 nitrogen and oxygen atoms in total. The maximum absolute atomic E-state index is 10.4. The molecule has 0 heterocycles. The van der Waals surface area contributed by atoms with E-state index in [0.29, 0.717) is 0 Å². The molecule has 0 amide bonds. The lowest BCUT2D eigenvalue weighted by Crippen LogP contribution is -2.17. The second-order valence-electron chi connectivity index (χ2n) is 3.66. The van der Waals surface area contributed by atoms with Gasteiger partial charge in [-0.2, -0.15) is 0 Å². The van der Waals surface area contributed by atoms with Gasteiger partial charge in [0.15, 0.2) is 0 Å². The van der Waals surface area contributed by atoms with E-state index in [-0.39, 0.29) is 12.6 Å². The summed E-state index contributed by atoms with van der Waals surface area (Å²) in [5.74, 6) is -0.324. The Morgan fingerprint density at radius 2 is 1.93 bits per heavy atom. The van der Waals surface area contributed by atoms with E-state index < -0.39 is 6.10 Å². The number of hydrogen-bond donors (Lipinski definition) is 1. The Bertz CT molecular complexity index is 145. The van der Waals surface area contributed by atoms with Gasteiger partial charge in [-0.05, 0) is 6.42 Å². The largest absolute Gasteiger partial charge is 0.463 e. The lowest BCUT2D eigenvalue weighted by Gasteiger charge is -2.09. The van der Waals surface area contributed by atoms with Gasteiger partial charge in [0.2, 0.25) is 0 Å². The highest BCUT2D eigenvalue weighted by Crippen LogP contribution is 2.07. The van der Waals surface area contributed by atoms with Crippen LogP contribution < -0.4 is 0 Å². The summed E-state index contributed by atoms with van der Waals surface area (Å²) in [6, 6.07) is 0. The Morgan fingerprint density at radius 1 is 1.29 bits per heavy atom. The number of aliphatic hydroxyl groups is 1. The molecule has 0 aliphatic heterocycles. The molecule has 0 spiro atoms. The van der Waals surface area contributed by atoms with Gasteiger partial charge in [0.25, 0.3) is 0 Å². The number of esters is 1. The minimum absolute atomic E-state index is 0.142. The highest BCUT2D eigenvalue weighted by atomic mass is 16.5. The molecular formula is C11H22O3. The Kier molecular flexibility index (Phi) is 8.64. The number of hydrogen-bond acceptors (Lipinski definition) is 3. The molecular weight excluding hydrogens is 180 g/mol. The van der Waals surface area contributed by atoms with E-state index in [9.17, 15) is 9.90 Å². The van der Waals surface area contributed by atoms with Gasteiger partial charge in [0.1, 0.15) is 6.61 Å². The van der Waals surface area contributed by atoms with Crippen molar-refractivity contribution in [3.63, 3.8) is 0 Å². The van der Waals surface area contributed by atoms with Crippen molar-refractivity contribution in [2.45, 2.75) is 58.5 Å². The normalized spacial score (nSPS) is 12.5. The van der Waals surface area contributed by atoms with Crippen LogP contribution in [0.5, 0.6) is 0 Å². The van der Waals surface area contributed by atoms with Gasteiger partial charge < -0.3 is 9.84 Å². The van der Waals surface area contributed by atoms with Crippen LogP contribution in [0, 0.1) is 0 Å². The second kappa shape index (κ2) is 9.00. The molecule has 0 saturated carbocycles. The summed E-state index contributed by atoms with van der Waals surface area (Å²) >= 11 is 0. The van der Waals surface area contributed by atoms with Gasteiger partial charge in [0, 0.05) is 6.92 Å². The third-order valence-corrected chi connectivity index (χ3v) is 2.12. The lowest BCUT2D eigenvalue weighted by atomic mass is 10.1. The average molecular weight is 202 g/mol. The minimum Gasteiger partial charge on any atom is -0.463 e. The number of carbonyl (C=O) groups excluding carboxylic acids is 1. The predicted molar refractivity (Wildman–Crippen MR) is 56.0 cm³/mol. The van der Waals surface area contributed by atoms with E-state index >= 15 is 0 Å². The number of carbonyl (C=O) groups is 1. The zero-order valence-electron chi connectivity index (χ0n) is 9.29. The molecule has 0 radical (unpaired) electrons. The summed E-state index contributed by atoms with van der Waals surface area (Å²) in [5, 5.41) is 9.38. The van der Waals surface area contributed by atoms with E-state index in [1.54, 1.807) is 0 Å². The minimum atomic E-state index is -0.486. The summed E-state index contributed by atoms with van der Waals surface area (Å²) < 4.78 is 4.69. The first-order valence-electron chi connectivity index (χ1n) is 5.48. The number of aliphatic hydroxyl groups excluding tert-OH is 1. The van der Waals surface area contributed by atoms with Crippen LogP contribution in [0.3, 0.4) is 0 Å². The van der Waals surface area contributed by atoms with E-state index in [1.807, 2.05) is 0 Å². The summed E-state index contributed by atoms with van der Waals surface area (Å²) in [6.45, 7) is 3.67. The van der Waals surface area contributed by atoms with E-state index in [0.717, 1.165) is 19.3 Å². The number of unbranched alkanes of at least 4 members (excludes halogenated alkanes) is 4. The Morgan fingerprint density at radius 3 is 2.50 bits per heavy atom. The van der Waals surface area contributed by atoms with E-state index in [4.69, 9.17) is 4.74 Å². The standard InChI is InChI=1S/C11H22O3/c1-3-4-5-6-7-8-11(13)9-14-10(2)12/h11,13H,3-9H2,1-2H3. The molecule has 0 saturated heterocycles. The maximum Gasteiger partial charge on any atom is 0.302 e. The fraction of sp³-hybridized carbons (Fsp3) is 0.909. The third kappa shape index (κ3) is 9.52. The summed E-state index contributed by atoms with van der Waals surface area (Å²) in [5.41, 5.74) is 0. The molecule has 0 aromatic rings. The summed E-state index contributed by atoms with van der Waals surface area (Å²) in [6.07, 6.45) is 6.15. The van der Waals surface area contributed by atoms with Crippen molar-refractivity contribution in [3.8, 4) is 0 Å². The quantitative estimate of drug-likeness (QED) is 0.485. The summed E-state index contributed by atoms with van der Waals surface area (Å²) in [7, 11) is 0. The van der Waals surface area contributed by atoms with Crippen LogP contribution in [0.4, 0.5) is 0 Å². The van der Waals surface area contributed by atoms with Crippen molar-refractivity contribution in [1.29, 1.82) is 0 Å². The number of ether oxygens (including phenoxy) is 1. The van der Waals surface area contributed by atoms with Crippen LogP contribution in [0.1, 0.15) is 52.4 Å². The molecule has 0 rings (SSSR count). The molecule has 14 heavy (non-hydrogen) atoms. The molecule has 0 bridgehead atoms. The van der Waals surface area contributed by atoms with Crippen molar-refractivity contribution in [1.82, 2.24) is 0 Å². The van der Waals surface area contributed by atoms with E-state index in [1.165, 1.54) is 26.2 Å². The molecule has 0 aromatic heterocycles. The zero-order chi connectivity index (χ0) is 10.8. The zero-order valence-corrected chi connectivity index (χ0v) is 9.29. The molecule has 0 aromatic carbocycles. The molecule has 1 unspecified atom stereocenters. The van der Waals surface area contributed by atoms with Crippen LogP contribution in [-0.2, 0) is 9.53 Å². The van der Waals surface area contributed by atoms with Crippen LogP contribution >= 0.6 is 0 Å². The van der Waals surface area contributed by atoms with Crippen LogP contribution in [0.15, 0.2) is 0 Å². The summed E-state index contributed by atoms with van der Waals surface area (Å²) in [4.78, 5) is 10.4. The first-order valence-corrected chi connectivity index (χ1v) is 5.48. The SMILES string of the molecule is CCCCCCCC(O)COC(C)=O. The Hall–Kier alpha value is -0.570. The molecule has 0 aliphatic rings. The Labute approximate surface area is 86.5 Å². The fourth-order valence-electron chi connectivity index (χ4n) is 1.28. The molecule has 84 valence electrons. The van der Waals surface area contributed by atoms with Gasteiger partial charge >= 0.3 is 5.97 Å². The molecule has 1 N–H and O–H groups in total. The highest BCUT2D eigenvalue weighted by Gasteiger charge is 2.05. The van der Waals surface area contributed by atoms with Crippen molar-refractivity contribution in [3.05, 3.63) is 0 Å². The number of rotatable bonds is 8. The van der Waals surface area contributed by atoms with Gasteiger partial charge in [-0.25, -0.2) is 0 Å². The van der Waals surface area contributed by atoms with Crippen molar-refractivity contribution in [2.24, 2.45) is 0 Å². The van der Waals surface area contributed by atoms with Gasteiger partial charge in [-0.15, -0.1) is 0 Å². The van der Waals surface area contributed by atoms with Crippen LogP contribution in [0.25, 0.3) is 0 Å². The van der Waals surface area contributed by atoms with Gasteiger partial charge in [-0.3, -0.25) is 4.79 Å². The van der Waals surface area contributed by atoms with Crippen molar-refractivity contribution < 1.29 is 14.6 Å². The molecule has 3 heteroatoms. The topological polar surface area (TPSA) is 46.5 Å².